The predicted octanol–water partition coefficient (Wildman–Crippen LogP) is 0.00498. The Morgan fingerprint density at radius 1 is 1.47 bits per heavy atom. The van der Waals surface area contributed by atoms with Crippen molar-refractivity contribution < 1.29 is 20.2 Å². The lowest BCUT2D eigenvalue weighted by Crippen LogP contribution is -2.16. The van der Waals surface area contributed by atoms with Gasteiger partial charge in [0.05, 0.1) is 23.2 Å². The fourth-order valence-corrected chi connectivity index (χ4v) is 1.35. The van der Waals surface area contributed by atoms with E-state index in [0.29, 0.717) is 0 Å². The Hall–Kier alpha value is -2.01. The van der Waals surface area contributed by atoms with E-state index in [0.717, 1.165) is 6.07 Å². The van der Waals surface area contributed by atoms with Crippen molar-refractivity contribution in [3.05, 3.63) is 39.4 Å². The largest absolute Gasteiger partial charge is 0.391 e. The molecule has 7 heteroatoms. The first-order valence-electron chi connectivity index (χ1n) is 4.65. The molecule has 2 unspecified atom stereocenters. The summed E-state index contributed by atoms with van der Waals surface area (Å²) in [4.78, 5) is 9.92. The van der Waals surface area contributed by atoms with E-state index in [1.54, 1.807) is 0 Å². The van der Waals surface area contributed by atoms with Gasteiger partial charge in [0.25, 0.3) is 5.69 Å². The van der Waals surface area contributed by atoms with Crippen molar-refractivity contribution in [2.45, 2.75) is 18.8 Å². The molecule has 7 nitrogen and oxygen atoms in total. The molecule has 0 amide bonds. The van der Waals surface area contributed by atoms with Crippen molar-refractivity contribution in [1.29, 1.82) is 5.26 Å². The van der Waals surface area contributed by atoms with Crippen molar-refractivity contribution in [3.8, 4) is 6.07 Å². The van der Waals surface area contributed by atoms with Gasteiger partial charge in [-0.25, -0.2) is 0 Å². The number of hydrogen-bond acceptors (Lipinski definition) is 6. The zero-order chi connectivity index (χ0) is 13.0. The molecule has 0 bridgehead atoms. The number of rotatable bonds is 4. The number of hydrogen-bond donors (Lipinski definition) is 3. The molecule has 0 aliphatic heterocycles. The van der Waals surface area contributed by atoms with E-state index in [1.807, 2.05) is 0 Å². The molecular weight excluding hydrogens is 228 g/mol. The van der Waals surface area contributed by atoms with Crippen LogP contribution in [0, 0.1) is 21.4 Å². The average molecular weight is 238 g/mol. The minimum absolute atomic E-state index is 0.0108. The number of nitriles is 1. The highest BCUT2D eigenvalue weighted by molar-refractivity contribution is 5.43. The van der Waals surface area contributed by atoms with Gasteiger partial charge < -0.3 is 15.3 Å². The maximum atomic E-state index is 10.6. The Balaban J connectivity index is 3.14. The summed E-state index contributed by atoms with van der Waals surface area (Å²) in [5.41, 5.74) is -0.139. The molecule has 0 saturated carbocycles. The van der Waals surface area contributed by atoms with Crippen LogP contribution in [0.4, 0.5) is 5.69 Å². The summed E-state index contributed by atoms with van der Waals surface area (Å²) in [6.45, 7) is -0.570. The molecule has 1 rings (SSSR count). The van der Waals surface area contributed by atoms with E-state index in [1.165, 1.54) is 18.2 Å². The van der Waals surface area contributed by atoms with Crippen LogP contribution in [0.2, 0.25) is 0 Å². The minimum Gasteiger partial charge on any atom is -0.391 e. The Morgan fingerprint density at radius 2 is 2.12 bits per heavy atom. The second kappa shape index (κ2) is 5.36. The SMILES string of the molecule is N#CC(O)C(O)c1ccc([N+](=O)[O-])c(CO)c1. The Morgan fingerprint density at radius 3 is 2.59 bits per heavy atom. The van der Waals surface area contributed by atoms with Crippen molar-refractivity contribution >= 4 is 5.69 Å². The van der Waals surface area contributed by atoms with Gasteiger partial charge in [0.1, 0.15) is 6.10 Å². The minimum atomic E-state index is -1.62. The van der Waals surface area contributed by atoms with E-state index in [9.17, 15) is 15.2 Å². The Kier molecular flexibility index (Phi) is 4.12. The van der Waals surface area contributed by atoms with Crippen molar-refractivity contribution in [2.75, 3.05) is 0 Å². The van der Waals surface area contributed by atoms with Crippen molar-refractivity contribution in [2.24, 2.45) is 0 Å². The third-order valence-electron chi connectivity index (χ3n) is 2.24. The van der Waals surface area contributed by atoms with Crippen LogP contribution in [-0.2, 0) is 6.61 Å². The number of aliphatic hydroxyl groups is 3. The zero-order valence-corrected chi connectivity index (χ0v) is 8.65. The molecular formula is C10H10N2O5. The molecule has 0 radical (unpaired) electrons. The van der Waals surface area contributed by atoms with Crippen molar-refractivity contribution in [3.63, 3.8) is 0 Å². The second-order valence-electron chi connectivity index (χ2n) is 3.32. The lowest BCUT2D eigenvalue weighted by Gasteiger charge is -2.12. The van der Waals surface area contributed by atoms with Gasteiger partial charge in [-0.2, -0.15) is 5.26 Å². The fourth-order valence-electron chi connectivity index (χ4n) is 1.35. The van der Waals surface area contributed by atoms with Crippen LogP contribution in [-0.4, -0.2) is 26.3 Å². The summed E-state index contributed by atoms with van der Waals surface area (Å²) in [5.74, 6) is 0. The molecule has 0 saturated heterocycles. The predicted molar refractivity (Wildman–Crippen MR) is 55.6 cm³/mol. The van der Waals surface area contributed by atoms with Gasteiger partial charge in [0.15, 0.2) is 6.10 Å². The maximum absolute atomic E-state index is 10.6. The van der Waals surface area contributed by atoms with Gasteiger partial charge in [0.2, 0.25) is 0 Å². The van der Waals surface area contributed by atoms with E-state index in [-0.39, 0.29) is 16.8 Å². The van der Waals surface area contributed by atoms with E-state index < -0.39 is 23.7 Å². The summed E-state index contributed by atoms with van der Waals surface area (Å²) in [5, 5.41) is 46.6. The quantitative estimate of drug-likeness (QED) is 0.385. The third-order valence-corrected chi connectivity index (χ3v) is 2.24. The van der Waals surface area contributed by atoms with Crippen molar-refractivity contribution in [1.82, 2.24) is 0 Å². The van der Waals surface area contributed by atoms with Crippen LogP contribution in [0.1, 0.15) is 17.2 Å². The highest BCUT2D eigenvalue weighted by atomic mass is 16.6. The standard InChI is InChI=1S/C10H10N2O5/c11-4-9(14)10(15)6-1-2-8(12(16)17)7(3-6)5-13/h1-3,9-10,13-15H,5H2. The fraction of sp³-hybridized carbons (Fsp3) is 0.300. The Labute approximate surface area is 96.3 Å². The number of nitro benzene ring substituents is 1. The summed E-state index contributed by atoms with van der Waals surface area (Å²) in [6.07, 6.45) is -3.09. The molecule has 0 aliphatic carbocycles. The second-order valence-corrected chi connectivity index (χ2v) is 3.32. The van der Waals surface area contributed by atoms with Gasteiger partial charge in [-0.15, -0.1) is 0 Å². The smallest absolute Gasteiger partial charge is 0.274 e. The normalized spacial score (nSPS) is 13.8. The van der Waals surface area contributed by atoms with Gasteiger partial charge in [-0.1, -0.05) is 0 Å². The van der Waals surface area contributed by atoms with Crippen LogP contribution in [0.3, 0.4) is 0 Å². The molecule has 2 atom stereocenters. The highest BCUT2D eigenvalue weighted by Gasteiger charge is 2.21. The van der Waals surface area contributed by atoms with Crippen LogP contribution in [0.15, 0.2) is 18.2 Å². The van der Waals surface area contributed by atoms with Crippen LogP contribution in [0.5, 0.6) is 0 Å². The molecule has 17 heavy (non-hydrogen) atoms. The summed E-state index contributed by atoms with van der Waals surface area (Å²) in [7, 11) is 0. The molecule has 1 aromatic rings. The number of nitro groups is 1. The summed E-state index contributed by atoms with van der Waals surface area (Å²) >= 11 is 0. The molecule has 0 spiro atoms. The molecule has 0 aromatic heterocycles. The molecule has 0 fully saturated rings. The highest BCUT2D eigenvalue weighted by Crippen LogP contribution is 2.24. The summed E-state index contributed by atoms with van der Waals surface area (Å²) < 4.78 is 0. The average Bonchev–Trinajstić information content (AvgIpc) is 2.35. The molecule has 3 N–H and O–H groups in total. The molecule has 1 aromatic carbocycles. The lowest BCUT2D eigenvalue weighted by molar-refractivity contribution is -0.385. The van der Waals surface area contributed by atoms with Crippen LogP contribution in [0.25, 0.3) is 0 Å². The first-order chi connectivity index (χ1) is 8.01. The van der Waals surface area contributed by atoms with Crippen LogP contribution >= 0.6 is 0 Å². The lowest BCUT2D eigenvalue weighted by atomic mass is 10.0. The van der Waals surface area contributed by atoms with E-state index in [4.69, 9.17) is 15.5 Å². The first-order valence-corrected chi connectivity index (χ1v) is 4.65. The first kappa shape index (κ1) is 13.1. The molecule has 0 aliphatic rings. The monoisotopic (exact) mass is 238 g/mol. The summed E-state index contributed by atoms with van der Waals surface area (Å²) in [6, 6.07) is 4.96. The number of aliphatic hydroxyl groups excluding tert-OH is 3. The Bertz CT molecular complexity index is 468. The van der Waals surface area contributed by atoms with Crippen LogP contribution < -0.4 is 0 Å². The van der Waals surface area contributed by atoms with Gasteiger partial charge in [-0.3, -0.25) is 10.1 Å². The van der Waals surface area contributed by atoms with E-state index in [2.05, 4.69) is 0 Å². The van der Waals surface area contributed by atoms with E-state index >= 15 is 0 Å². The number of nitrogens with zero attached hydrogens (tertiary/aromatic N) is 2. The number of benzene rings is 1. The maximum Gasteiger partial charge on any atom is 0.274 e. The topological polar surface area (TPSA) is 128 Å². The van der Waals surface area contributed by atoms with Gasteiger partial charge in [-0.05, 0) is 17.7 Å². The molecule has 90 valence electrons. The third kappa shape index (κ3) is 2.76. The van der Waals surface area contributed by atoms with Gasteiger partial charge >= 0.3 is 0 Å². The molecule has 0 heterocycles. The van der Waals surface area contributed by atoms with Gasteiger partial charge in [0, 0.05) is 6.07 Å². The zero-order valence-electron chi connectivity index (χ0n) is 8.65.